The van der Waals surface area contributed by atoms with Gasteiger partial charge in [0.15, 0.2) is 0 Å². The Kier molecular flexibility index (Phi) is 2.56. The third-order valence-electron chi connectivity index (χ3n) is 3.46. The number of nitrogens with two attached hydrogens (primary N) is 1. The van der Waals surface area contributed by atoms with Crippen LogP contribution in [0.1, 0.15) is 6.92 Å². The number of fused-ring (bicyclic) bond motifs is 3. The summed E-state index contributed by atoms with van der Waals surface area (Å²) in [6.45, 7) is 3.72. The van der Waals surface area contributed by atoms with Gasteiger partial charge in [-0.3, -0.25) is 9.69 Å². The van der Waals surface area contributed by atoms with E-state index in [2.05, 4.69) is 9.55 Å². The number of hydrogen-bond donors (Lipinski definition) is 1. The predicted molar refractivity (Wildman–Crippen MR) is 70.3 cm³/mol. The summed E-state index contributed by atoms with van der Waals surface area (Å²) in [5.74, 6) is 0.657. The number of nitrogens with zero attached hydrogens (tertiary/aromatic N) is 3. The van der Waals surface area contributed by atoms with Gasteiger partial charge < -0.3 is 10.3 Å². The van der Waals surface area contributed by atoms with Gasteiger partial charge in [-0.2, -0.15) is 0 Å². The molecule has 3 rings (SSSR count). The fraction of sp³-hybridized carbons (Fsp3) is 0.385. The van der Waals surface area contributed by atoms with E-state index in [1.54, 1.807) is 4.90 Å². The van der Waals surface area contributed by atoms with E-state index in [1.165, 1.54) is 0 Å². The zero-order valence-electron chi connectivity index (χ0n) is 10.3. The number of amides is 1. The highest BCUT2D eigenvalue weighted by atomic mass is 16.2. The Bertz CT molecular complexity index is 604. The summed E-state index contributed by atoms with van der Waals surface area (Å²) in [6.07, 6.45) is 0. The van der Waals surface area contributed by atoms with Crippen molar-refractivity contribution >= 4 is 22.9 Å². The molecular weight excluding hydrogens is 228 g/mol. The lowest BCUT2D eigenvalue weighted by atomic mass is 10.1. The Morgan fingerprint density at radius 2 is 2.22 bits per heavy atom. The summed E-state index contributed by atoms with van der Waals surface area (Å²) >= 11 is 0. The third-order valence-corrected chi connectivity index (χ3v) is 3.46. The second-order valence-electron chi connectivity index (χ2n) is 4.68. The molecule has 1 unspecified atom stereocenters. The quantitative estimate of drug-likeness (QED) is 0.856. The molecule has 1 amide bonds. The van der Waals surface area contributed by atoms with Crippen molar-refractivity contribution in [2.75, 3.05) is 18.0 Å². The number of rotatable bonds is 2. The number of para-hydroxylation sites is 2. The van der Waals surface area contributed by atoms with Crippen LogP contribution >= 0.6 is 0 Å². The predicted octanol–water partition coefficient (Wildman–Crippen LogP) is 0.978. The van der Waals surface area contributed by atoms with Crippen molar-refractivity contribution in [3.63, 3.8) is 0 Å². The number of aromatic nitrogens is 2. The molecule has 0 aliphatic carbocycles. The number of benzene rings is 1. The van der Waals surface area contributed by atoms with Crippen molar-refractivity contribution in [3.05, 3.63) is 24.3 Å². The summed E-state index contributed by atoms with van der Waals surface area (Å²) in [6, 6.07) is 7.95. The van der Waals surface area contributed by atoms with Crippen LogP contribution in [0.3, 0.4) is 0 Å². The van der Waals surface area contributed by atoms with Crippen molar-refractivity contribution in [1.82, 2.24) is 9.55 Å². The average Bonchev–Trinajstić information content (AvgIpc) is 2.95. The Labute approximate surface area is 105 Å². The Balaban J connectivity index is 2.04. The summed E-state index contributed by atoms with van der Waals surface area (Å²) < 4.78 is 2.09. The fourth-order valence-electron chi connectivity index (χ4n) is 2.36. The van der Waals surface area contributed by atoms with E-state index in [0.29, 0.717) is 13.1 Å². The van der Waals surface area contributed by atoms with Crippen LogP contribution in [0.15, 0.2) is 24.3 Å². The van der Waals surface area contributed by atoms with Crippen molar-refractivity contribution in [1.29, 1.82) is 0 Å². The van der Waals surface area contributed by atoms with Gasteiger partial charge in [-0.05, 0) is 12.1 Å². The normalized spacial score (nSPS) is 16.0. The molecule has 0 saturated heterocycles. The van der Waals surface area contributed by atoms with Crippen LogP contribution in [0.25, 0.3) is 11.0 Å². The smallest absolute Gasteiger partial charge is 0.233 e. The van der Waals surface area contributed by atoms with E-state index < -0.39 is 0 Å². The number of imidazole rings is 1. The van der Waals surface area contributed by atoms with Crippen LogP contribution in [0.2, 0.25) is 0 Å². The maximum absolute atomic E-state index is 12.2. The largest absolute Gasteiger partial charge is 0.330 e. The fourth-order valence-corrected chi connectivity index (χ4v) is 2.36. The van der Waals surface area contributed by atoms with Crippen LogP contribution in [0, 0.1) is 5.92 Å². The molecule has 0 fully saturated rings. The highest BCUT2D eigenvalue weighted by molar-refractivity contribution is 5.96. The first-order chi connectivity index (χ1) is 8.72. The molecule has 2 heterocycles. The van der Waals surface area contributed by atoms with E-state index in [9.17, 15) is 4.79 Å². The lowest BCUT2D eigenvalue weighted by molar-refractivity contribution is -0.121. The second kappa shape index (κ2) is 4.10. The van der Waals surface area contributed by atoms with Gasteiger partial charge in [-0.15, -0.1) is 0 Å². The number of carbonyl (C=O) groups excluding carboxylic acids is 1. The van der Waals surface area contributed by atoms with Crippen LogP contribution in [-0.2, 0) is 11.3 Å². The monoisotopic (exact) mass is 244 g/mol. The average molecular weight is 244 g/mol. The first-order valence-corrected chi connectivity index (χ1v) is 6.19. The molecule has 1 aromatic heterocycles. The van der Waals surface area contributed by atoms with Crippen LogP contribution in [0.5, 0.6) is 0 Å². The molecule has 1 aliphatic rings. The van der Waals surface area contributed by atoms with Crippen LogP contribution in [-0.4, -0.2) is 28.5 Å². The number of carbonyl (C=O) groups is 1. The van der Waals surface area contributed by atoms with Gasteiger partial charge in [0.25, 0.3) is 0 Å². The highest BCUT2D eigenvalue weighted by Gasteiger charge is 2.30. The minimum atomic E-state index is -0.156. The third kappa shape index (κ3) is 1.51. The molecule has 0 radical (unpaired) electrons. The van der Waals surface area contributed by atoms with Crippen LogP contribution in [0.4, 0.5) is 5.95 Å². The molecule has 1 atom stereocenters. The summed E-state index contributed by atoms with van der Waals surface area (Å²) in [7, 11) is 0. The van der Waals surface area contributed by atoms with Gasteiger partial charge in [0.2, 0.25) is 11.9 Å². The Hall–Kier alpha value is -1.88. The molecule has 2 N–H and O–H groups in total. The minimum absolute atomic E-state index is 0.0616. The molecular formula is C13H16N4O. The van der Waals surface area contributed by atoms with Crippen molar-refractivity contribution in [3.8, 4) is 0 Å². The van der Waals surface area contributed by atoms with Crippen molar-refractivity contribution in [2.45, 2.75) is 13.5 Å². The lowest BCUT2D eigenvalue weighted by Crippen LogP contribution is -2.37. The number of hydrogen-bond acceptors (Lipinski definition) is 3. The van der Waals surface area contributed by atoms with E-state index in [1.807, 2.05) is 31.2 Å². The summed E-state index contributed by atoms with van der Waals surface area (Å²) in [4.78, 5) is 18.5. The lowest BCUT2D eigenvalue weighted by Gasteiger charge is -2.17. The Morgan fingerprint density at radius 1 is 1.44 bits per heavy atom. The molecule has 2 aromatic rings. The molecule has 0 spiro atoms. The molecule has 1 aliphatic heterocycles. The van der Waals surface area contributed by atoms with Gasteiger partial charge in [0.05, 0.1) is 11.0 Å². The van der Waals surface area contributed by atoms with Crippen LogP contribution < -0.4 is 10.6 Å². The molecule has 94 valence electrons. The van der Waals surface area contributed by atoms with Gasteiger partial charge in [-0.25, -0.2) is 4.98 Å². The standard InChI is InChI=1S/C13H16N4O/c1-9(8-14)12(18)17-7-6-16-11-5-3-2-4-10(11)15-13(16)17/h2-5,9H,6-8,14H2,1H3. The first-order valence-electron chi connectivity index (χ1n) is 6.19. The molecule has 18 heavy (non-hydrogen) atoms. The van der Waals surface area contributed by atoms with Gasteiger partial charge >= 0.3 is 0 Å². The molecule has 1 aromatic carbocycles. The van der Waals surface area contributed by atoms with E-state index >= 15 is 0 Å². The number of anilines is 1. The van der Waals surface area contributed by atoms with E-state index in [4.69, 9.17) is 5.73 Å². The van der Waals surface area contributed by atoms with Crippen molar-refractivity contribution in [2.24, 2.45) is 11.7 Å². The molecule has 0 saturated carbocycles. The topological polar surface area (TPSA) is 64.2 Å². The maximum Gasteiger partial charge on any atom is 0.233 e. The summed E-state index contributed by atoms with van der Waals surface area (Å²) in [5.41, 5.74) is 7.58. The first kappa shape index (κ1) is 11.2. The van der Waals surface area contributed by atoms with Gasteiger partial charge in [0.1, 0.15) is 0 Å². The van der Waals surface area contributed by atoms with Gasteiger partial charge in [0, 0.05) is 25.6 Å². The van der Waals surface area contributed by atoms with Gasteiger partial charge in [-0.1, -0.05) is 19.1 Å². The second-order valence-corrected chi connectivity index (χ2v) is 4.68. The minimum Gasteiger partial charge on any atom is -0.330 e. The van der Waals surface area contributed by atoms with Crippen molar-refractivity contribution < 1.29 is 4.79 Å². The SMILES string of the molecule is CC(CN)C(=O)N1CCn2c1nc1ccccc12. The molecule has 0 bridgehead atoms. The Morgan fingerprint density at radius 3 is 3.00 bits per heavy atom. The maximum atomic E-state index is 12.2. The van der Waals surface area contributed by atoms with E-state index in [-0.39, 0.29) is 11.8 Å². The van der Waals surface area contributed by atoms with E-state index in [0.717, 1.165) is 23.5 Å². The molecule has 5 nitrogen and oxygen atoms in total. The zero-order chi connectivity index (χ0) is 12.7. The zero-order valence-corrected chi connectivity index (χ0v) is 10.3. The molecule has 5 heteroatoms. The highest BCUT2D eigenvalue weighted by Crippen LogP contribution is 2.27. The summed E-state index contributed by atoms with van der Waals surface area (Å²) in [5, 5.41) is 0.